The quantitative estimate of drug-likeness (QED) is 0.769. The molecule has 0 aliphatic carbocycles. The minimum absolute atomic E-state index is 0.110. The highest BCUT2D eigenvalue weighted by atomic mass is 16.5. The van der Waals surface area contributed by atoms with Crippen molar-refractivity contribution in [2.24, 2.45) is 0 Å². The lowest BCUT2D eigenvalue weighted by atomic mass is 9.93. The Morgan fingerprint density at radius 2 is 2.06 bits per heavy atom. The average Bonchev–Trinajstić information content (AvgIpc) is 2.30. The summed E-state index contributed by atoms with van der Waals surface area (Å²) in [5.74, 6) is 0.875. The Labute approximate surface area is 97.4 Å². The molecule has 0 aliphatic heterocycles. The molecule has 0 heterocycles. The van der Waals surface area contributed by atoms with Gasteiger partial charge in [0.1, 0.15) is 5.75 Å². The molecule has 0 spiro atoms. The smallest absolute Gasteiger partial charge is 0.122 e. The average molecular weight is 223 g/mol. The van der Waals surface area contributed by atoms with Crippen molar-refractivity contribution < 1.29 is 9.84 Å². The number of ether oxygens (including phenoxy) is 1. The third-order valence-corrected chi connectivity index (χ3v) is 2.73. The molecule has 0 amide bonds. The van der Waals surface area contributed by atoms with Crippen LogP contribution in [-0.4, -0.2) is 30.9 Å². The van der Waals surface area contributed by atoms with Gasteiger partial charge in [0, 0.05) is 5.54 Å². The SMILES string of the molecule is CCNC(C)(CO)Cc1ccccc1OC. The summed E-state index contributed by atoms with van der Waals surface area (Å²) in [5.41, 5.74) is 0.825. The Bertz CT molecular complexity index is 327. The van der Waals surface area contributed by atoms with Gasteiger partial charge in [0.15, 0.2) is 0 Å². The topological polar surface area (TPSA) is 41.5 Å². The maximum atomic E-state index is 9.44. The largest absolute Gasteiger partial charge is 0.496 e. The number of para-hydroxylation sites is 1. The van der Waals surface area contributed by atoms with Crippen molar-refractivity contribution in [2.45, 2.75) is 25.8 Å². The van der Waals surface area contributed by atoms with E-state index in [-0.39, 0.29) is 12.1 Å². The van der Waals surface area contributed by atoms with Gasteiger partial charge in [-0.3, -0.25) is 0 Å². The lowest BCUT2D eigenvalue weighted by molar-refractivity contribution is 0.175. The fraction of sp³-hybridized carbons (Fsp3) is 0.538. The molecule has 3 nitrogen and oxygen atoms in total. The maximum Gasteiger partial charge on any atom is 0.122 e. The minimum atomic E-state index is -0.288. The van der Waals surface area contributed by atoms with Gasteiger partial charge < -0.3 is 15.2 Å². The van der Waals surface area contributed by atoms with E-state index >= 15 is 0 Å². The Hall–Kier alpha value is -1.06. The van der Waals surface area contributed by atoms with Crippen LogP contribution in [0.1, 0.15) is 19.4 Å². The van der Waals surface area contributed by atoms with Crippen molar-refractivity contribution in [2.75, 3.05) is 20.3 Å². The summed E-state index contributed by atoms with van der Waals surface area (Å²) in [6, 6.07) is 7.91. The number of hydrogen-bond donors (Lipinski definition) is 2. The molecule has 0 bridgehead atoms. The summed E-state index contributed by atoms with van der Waals surface area (Å²) in [4.78, 5) is 0. The highest BCUT2D eigenvalue weighted by Gasteiger charge is 2.23. The fourth-order valence-electron chi connectivity index (χ4n) is 1.87. The van der Waals surface area contributed by atoms with Crippen LogP contribution < -0.4 is 10.1 Å². The number of rotatable bonds is 6. The molecule has 0 saturated heterocycles. The Morgan fingerprint density at radius 1 is 1.38 bits per heavy atom. The van der Waals surface area contributed by atoms with Crippen LogP contribution in [0.3, 0.4) is 0 Å². The fourth-order valence-corrected chi connectivity index (χ4v) is 1.87. The van der Waals surface area contributed by atoms with E-state index in [0.29, 0.717) is 0 Å². The predicted octanol–water partition coefficient (Wildman–Crippen LogP) is 1.60. The van der Waals surface area contributed by atoms with Crippen LogP contribution in [0.2, 0.25) is 0 Å². The van der Waals surface area contributed by atoms with Gasteiger partial charge >= 0.3 is 0 Å². The molecule has 1 aromatic carbocycles. The summed E-state index contributed by atoms with van der Waals surface area (Å²) >= 11 is 0. The van der Waals surface area contributed by atoms with Crippen molar-refractivity contribution >= 4 is 0 Å². The molecular formula is C13H21NO2. The van der Waals surface area contributed by atoms with Crippen LogP contribution in [0, 0.1) is 0 Å². The predicted molar refractivity (Wildman–Crippen MR) is 65.9 cm³/mol. The zero-order valence-electron chi connectivity index (χ0n) is 10.3. The normalized spacial score (nSPS) is 14.5. The zero-order chi connectivity index (χ0) is 12.0. The highest BCUT2D eigenvalue weighted by Crippen LogP contribution is 2.22. The van der Waals surface area contributed by atoms with Crippen molar-refractivity contribution in [1.29, 1.82) is 0 Å². The Balaban J connectivity index is 2.85. The second-order valence-corrected chi connectivity index (χ2v) is 4.24. The molecular weight excluding hydrogens is 202 g/mol. The van der Waals surface area contributed by atoms with Crippen LogP contribution in [0.15, 0.2) is 24.3 Å². The summed E-state index contributed by atoms with van der Waals surface area (Å²) in [7, 11) is 1.67. The van der Waals surface area contributed by atoms with Gasteiger partial charge in [-0.25, -0.2) is 0 Å². The molecule has 0 aromatic heterocycles. The first-order chi connectivity index (χ1) is 7.65. The van der Waals surface area contributed by atoms with E-state index in [4.69, 9.17) is 4.74 Å². The number of nitrogens with one attached hydrogen (secondary N) is 1. The standard InChI is InChI=1S/C13H21NO2/c1-4-14-13(2,10-15)9-11-7-5-6-8-12(11)16-3/h5-8,14-15H,4,9-10H2,1-3H3. The maximum absolute atomic E-state index is 9.44. The van der Waals surface area contributed by atoms with Crippen LogP contribution in [-0.2, 0) is 6.42 Å². The van der Waals surface area contributed by atoms with E-state index in [0.717, 1.165) is 24.3 Å². The number of methoxy groups -OCH3 is 1. The summed E-state index contributed by atoms with van der Waals surface area (Å²) < 4.78 is 5.30. The minimum Gasteiger partial charge on any atom is -0.496 e. The lowest BCUT2D eigenvalue weighted by Gasteiger charge is -2.29. The lowest BCUT2D eigenvalue weighted by Crippen LogP contribution is -2.47. The van der Waals surface area contributed by atoms with Gasteiger partial charge in [-0.05, 0) is 31.5 Å². The molecule has 0 saturated carbocycles. The molecule has 0 radical (unpaired) electrons. The second kappa shape index (κ2) is 5.87. The third-order valence-electron chi connectivity index (χ3n) is 2.73. The Kier molecular flexibility index (Phi) is 4.77. The van der Waals surface area contributed by atoms with Gasteiger partial charge in [-0.2, -0.15) is 0 Å². The Morgan fingerprint density at radius 3 is 2.62 bits per heavy atom. The van der Waals surface area contributed by atoms with Gasteiger partial charge in [0.25, 0.3) is 0 Å². The number of hydrogen-bond acceptors (Lipinski definition) is 3. The highest BCUT2D eigenvalue weighted by molar-refractivity contribution is 5.34. The molecule has 90 valence electrons. The molecule has 0 aliphatic rings. The molecule has 1 rings (SSSR count). The second-order valence-electron chi connectivity index (χ2n) is 4.24. The van der Waals surface area contributed by atoms with E-state index in [1.807, 2.05) is 38.1 Å². The van der Waals surface area contributed by atoms with Crippen molar-refractivity contribution in [3.8, 4) is 5.75 Å². The number of benzene rings is 1. The van der Waals surface area contributed by atoms with Crippen LogP contribution in [0.25, 0.3) is 0 Å². The molecule has 1 atom stereocenters. The molecule has 3 heteroatoms. The molecule has 0 fully saturated rings. The van der Waals surface area contributed by atoms with Gasteiger partial charge in [-0.15, -0.1) is 0 Å². The molecule has 1 unspecified atom stereocenters. The number of likely N-dealkylation sites (N-methyl/N-ethyl adjacent to an activating group) is 1. The van der Waals surface area contributed by atoms with Crippen LogP contribution in [0.4, 0.5) is 0 Å². The summed E-state index contributed by atoms with van der Waals surface area (Å²) in [6.07, 6.45) is 0.751. The van der Waals surface area contributed by atoms with Crippen molar-refractivity contribution in [1.82, 2.24) is 5.32 Å². The van der Waals surface area contributed by atoms with E-state index in [2.05, 4.69) is 5.32 Å². The third kappa shape index (κ3) is 3.22. The first-order valence-electron chi connectivity index (χ1n) is 5.63. The van der Waals surface area contributed by atoms with Crippen LogP contribution >= 0.6 is 0 Å². The van der Waals surface area contributed by atoms with Crippen molar-refractivity contribution in [3.05, 3.63) is 29.8 Å². The zero-order valence-corrected chi connectivity index (χ0v) is 10.3. The van der Waals surface area contributed by atoms with Crippen LogP contribution in [0.5, 0.6) is 5.75 Å². The number of aliphatic hydroxyl groups excluding tert-OH is 1. The monoisotopic (exact) mass is 223 g/mol. The van der Waals surface area contributed by atoms with E-state index in [9.17, 15) is 5.11 Å². The van der Waals surface area contributed by atoms with Gasteiger partial charge in [0.2, 0.25) is 0 Å². The van der Waals surface area contributed by atoms with Crippen molar-refractivity contribution in [3.63, 3.8) is 0 Å². The molecule has 2 N–H and O–H groups in total. The van der Waals surface area contributed by atoms with E-state index in [1.165, 1.54) is 0 Å². The van der Waals surface area contributed by atoms with E-state index < -0.39 is 0 Å². The molecule has 16 heavy (non-hydrogen) atoms. The summed E-state index contributed by atoms with van der Waals surface area (Å²) in [5, 5.41) is 12.7. The van der Waals surface area contributed by atoms with E-state index in [1.54, 1.807) is 7.11 Å². The first-order valence-corrected chi connectivity index (χ1v) is 5.63. The molecule has 1 aromatic rings. The van der Waals surface area contributed by atoms with Gasteiger partial charge in [-0.1, -0.05) is 25.1 Å². The first kappa shape index (κ1) is 13.0. The number of aliphatic hydroxyl groups is 1. The van der Waals surface area contributed by atoms with Gasteiger partial charge in [0.05, 0.1) is 13.7 Å². The summed E-state index contributed by atoms with van der Waals surface area (Å²) in [6.45, 7) is 5.00.